The second-order valence-electron chi connectivity index (χ2n) is 2.76. The lowest BCUT2D eigenvalue weighted by molar-refractivity contribution is 0.681. The molecule has 0 fully saturated rings. The third-order valence-electron chi connectivity index (χ3n) is 1.84. The molecule has 0 radical (unpaired) electrons. The van der Waals surface area contributed by atoms with Gasteiger partial charge in [-0.25, -0.2) is 4.68 Å². The first-order valence-corrected chi connectivity index (χ1v) is 4.56. The summed E-state index contributed by atoms with van der Waals surface area (Å²) >= 11 is 5.61. The molecule has 2 aromatic heterocycles. The van der Waals surface area contributed by atoms with Crippen molar-refractivity contribution in [3.8, 4) is 0 Å². The summed E-state index contributed by atoms with van der Waals surface area (Å²) in [5.74, 6) is 0.945. The summed E-state index contributed by atoms with van der Waals surface area (Å²) in [5.41, 5.74) is 11.7. The molecule has 2 aromatic rings. The van der Waals surface area contributed by atoms with Crippen molar-refractivity contribution in [1.82, 2.24) is 19.7 Å². The van der Waals surface area contributed by atoms with Crippen LogP contribution in [0, 0.1) is 0 Å². The molecule has 4 N–H and O–H groups in total. The fourth-order valence-corrected chi connectivity index (χ4v) is 1.40. The molecule has 0 amide bonds. The summed E-state index contributed by atoms with van der Waals surface area (Å²) in [5, 5.41) is 4.78. The van der Waals surface area contributed by atoms with Gasteiger partial charge < -0.3 is 11.5 Å². The number of anilines is 2. The monoisotopic (exact) mass is 212 g/mol. The number of aryl methyl sites for hydroxylation is 1. The minimum absolute atomic E-state index is 0.145. The predicted molar refractivity (Wildman–Crippen MR) is 54.9 cm³/mol. The zero-order valence-corrected chi connectivity index (χ0v) is 8.07. The molecule has 74 valence electrons. The summed E-state index contributed by atoms with van der Waals surface area (Å²) in [6.07, 6.45) is 1.61. The highest BCUT2D eigenvalue weighted by molar-refractivity contribution is 6.17. The number of alkyl halides is 1. The second-order valence-corrected chi connectivity index (χ2v) is 3.14. The molecule has 0 spiro atoms. The Bertz CT molecular complexity index is 464. The summed E-state index contributed by atoms with van der Waals surface area (Å²) in [6.45, 7) is 0.570. The molecule has 0 saturated carbocycles. The van der Waals surface area contributed by atoms with E-state index in [0.29, 0.717) is 29.3 Å². The molecule has 14 heavy (non-hydrogen) atoms. The van der Waals surface area contributed by atoms with Crippen LogP contribution in [0.1, 0.15) is 0 Å². The van der Waals surface area contributed by atoms with E-state index in [2.05, 4.69) is 15.1 Å². The zero-order chi connectivity index (χ0) is 10.1. The number of hydrogen-bond donors (Lipinski definition) is 2. The first-order valence-electron chi connectivity index (χ1n) is 4.03. The number of nitrogen functional groups attached to an aromatic ring is 2. The van der Waals surface area contributed by atoms with Crippen molar-refractivity contribution in [2.24, 2.45) is 0 Å². The van der Waals surface area contributed by atoms with E-state index in [1.54, 1.807) is 10.9 Å². The molecule has 2 heterocycles. The van der Waals surface area contributed by atoms with Gasteiger partial charge in [-0.05, 0) is 0 Å². The predicted octanol–water partition coefficient (Wildman–Crippen LogP) is 0.229. The van der Waals surface area contributed by atoms with Crippen molar-refractivity contribution in [2.45, 2.75) is 6.54 Å². The number of hydrogen-bond acceptors (Lipinski definition) is 5. The fourth-order valence-electron chi connectivity index (χ4n) is 1.24. The van der Waals surface area contributed by atoms with E-state index in [0.717, 1.165) is 0 Å². The quantitative estimate of drug-likeness (QED) is 0.695. The Balaban J connectivity index is 2.66. The number of halogens is 1. The molecule has 0 bridgehead atoms. The van der Waals surface area contributed by atoms with E-state index >= 15 is 0 Å². The Hall–Kier alpha value is -1.56. The maximum Gasteiger partial charge on any atom is 0.224 e. The lowest BCUT2D eigenvalue weighted by Crippen LogP contribution is -2.05. The first-order chi connectivity index (χ1) is 6.72. The largest absolute Gasteiger partial charge is 0.383 e. The van der Waals surface area contributed by atoms with Gasteiger partial charge in [0.25, 0.3) is 0 Å². The Kier molecular flexibility index (Phi) is 2.12. The third kappa shape index (κ3) is 1.33. The van der Waals surface area contributed by atoms with Crippen LogP contribution in [0.3, 0.4) is 0 Å². The van der Waals surface area contributed by atoms with Crippen molar-refractivity contribution in [1.29, 1.82) is 0 Å². The van der Waals surface area contributed by atoms with Gasteiger partial charge in [0.15, 0.2) is 5.65 Å². The van der Waals surface area contributed by atoms with Gasteiger partial charge in [0.2, 0.25) is 5.95 Å². The summed E-state index contributed by atoms with van der Waals surface area (Å²) < 4.78 is 1.65. The zero-order valence-electron chi connectivity index (χ0n) is 7.31. The van der Waals surface area contributed by atoms with Crippen LogP contribution in [0.15, 0.2) is 6.20 Å². The van der Waals surface area contributed by atoms with Gasteiger partial charge in [0, 0.05) is 5.88 Å². The van der Waals surface area contributed by atoms with Crippen LogP contribution in [-0.2, 0) is 6.54 Å². The van der Waals surface area contributed by atoms with Crippen LogP contribution in [0.4, 0.5) is 11.8 Å². The third-order valence-corrected chi connectivity index (χ3v) is 2.01. The molecule has 2 rings (SSSR count). The van der Waals surface area contributed by atoms with Crippen molar-refractivity contribution in [3.05, 3.63) is 6.20 Å². The highest BCUT2D eigenvalue weighted by Crippen LogP contribution is 2.17. The Morgan fingerprint density at radius 3 is 2.86 bits per heavy atom. The highest BCUT2D eigenvalue weighted by Gasteiger charge is 2.08. The standard InChI is InChI=1S/C7H9ClN6/c8-1-2-14-6-4(3-11-14)5(9)12-7(10)13-6/h3H,1-2H2,(H4,9,10,12,13). The SMILES string of the molecule is Nc1nc(N)c2cnn(CCCl)c2n1. The van der Waals surface area contributed by atoms with E-state index in [-0.39, 0.29) is 5.95 Å². The maximum atomic E-state index is 5.65. The topological polar surface area (TPSA) is 95.6 Å². The molecule has 7 heteroatoms. The molecule has 0 aliphatic heterocycles. The molecule has 0 aromatic carbocycles. The number of rotatable bonds is 2. The van der Waals surface area contributed by atoms with Crippen LogP contribution < -0.4 is 11.5 Å². The van der Waals surface area contributed by atoms with E-state index in [1.165, 1.54) is 0 Å². The van der Waals surface area contributed by atoms with E-state index in [4.69, 9.17) is 23.1 Å². The molecule has 6 nitrogen and oxygen atoms in total. The van der Waals surface area contributed by atoms with Gasteiger partial charge in [-0.2, -0.15) is 15.1 Å². The average molecular weight is 213 g/mol. The van der Waals surface area contributed by atoms with Crippen molar-refractivity contribution in [3.63, 3.8) is 0 Å². The molecule has 0 saturated heterocycles. The lowest BCUT2D eigenvalue weighted by atomic mass is 10.4. The van der Waals surface area contributed by atoms with Crippen molar-refractivity contribution >= 4 is 34.4 Å². The maximum absolute atomic E-state index is 5.65. The molecule has 0 atom stereocenters. The molecule has 0 aliphatic carbocycles. The van der Waals surface area contributed by atoms with E-state index < -0.39 is 0 Å². The van der Waals surface area contributed by atoms with Gasteiger partial charge in [-0.15, -0.1) is 11.6 Å². The normalized spacial score (nSPS) is 10.9. The van der Waals surface area contributed by atoms with E-state index in [1.807, 2.05) is 0 Å². The smallest absolute Gasteiger partial charge is 0.224 e. The lowest BCUT2D eigenvalue weighted by Gasteiger charge is -2.00. The van der Waals surface area contributed by atoms with Crippen LogP contribution in [0.2, 0.25) is 0 Å². The Morgan fingerprint density at radius 1 is 1.36 bits per heavy atom. The van der Waals surface area contributed by atoms with Crippen molar-refractivity contribution < 1.29 is 0 Å². The van der Waals surface area contributed by atoms with E-state index in [9.17, 15) is 0 Å². The number of nitrogens with two attached hydrogens (primary N) is 2. The second kappa shape index (κ2) is 3.30. The summed E-state index contributed by atoms with van der Waals surface area (Å²) in [7, 11) is 0. The highest BCUT2D eigenvalue weighted by atomic mass is 35.5. The van der Waals surface area contributed by atoms with Crippen LogP contribution in [0.5, 0.6) is 0 Å². The molecule has 0 aliphatic rings. The first kappa shape index (κ1) is 9.01. The van der Waals surface area contributed by atoms with Crippen molar-refractivity contribution in [2.75, 3.05) is 17.3 Å². The van der Waals surface area contributed by atoms with Crippen LogP contribution >= 0.6 is 11.6 Å². The van der Waals surface area contributed by atoms with Gasteiger partial charge in [-0.3, -0.25) is 0 Å². The van der Waals surface area contributed by atoms with Gasteiger partial charge in [-0.1, -0.05) is 0 Å². The minimum atomic E-state index is 0.145. The number of nitrogens with zero attached hydrogens (tertiary/aromatic N) is 4. The minimum Gasteiger partial charge on any atom is -0.383 e. The summed E-state index contributed by atoms with van der Waals surface area (Å²) in [6, 6.07) is 0. The number of fused-ring (bicyclic) bond motifs is 1. The van der Waals surface area contributed by atoms with Gasteiger partial charge >= 0.3 is 0 Å². The fraction of sp³-hybridized carbons (Fsp3) is 0.286. The van der Waals surface area contributed by atoms with Crippen LogP contribution in [-0.4, -0.2) is 25.6 Å². The average Bonchev–Trinajstić information content (AvgIpc) is 2.49. The van der Waals surface area contributed by atoms with Gasteiger partial charge in [0.1, 0.15) is 5.82 Å². The molecule has 0 unspecified atom stereocenters. The summed E-state index contributed by atoms with van der Waals surface area (Å²) in [4.78, 5) is 7.88. The number of aromatic nitrogens is 4. The Labute approximate surface area is 84.9 Å². The Morgan fingerprint density at radius 2 is 2.14 bits per heavy atom. The van der Waals surface area contributed by atoms with Crippen LogP contribution in [0.25, 0.3) is 11.0 Å². The van der Waals surface area contributed by atoms with Gasteiger partial charge in [0.05, 0.1) is 18.1 Å². The molecular formula is C7H9ClN6. The molecular weight excluding hydrogens is 204 g/mol.